The van der Waals surface area contributed by atoms with Crippen LogP contribution in [0.1, 0.15) is 29.3 Å². The summed E-state index contributed by atoms with van der Waals surface area (Å²) in [4.78, 5) is 23.8. The van der Waals surface area contributed by atoms with Gasteiger partial charge in [0.1, 0.15) is 0 Å². The number of nitrogens with zero attached hydrogens (tertiary/aromatic N) is 1. The topological polar surface area (TPSA) is 70.6 Å². The van der Waals surface area contributed by atoms with Crippen LogP contribution in [0.2, 0.25) is 10.0 Å². The van der Waals surface area contributed by atoms with Crippen LogP contribution in [0.5, 0.6) is 0 Å². The lowest BCUT2D eigenvalue weighted by atomic mass is 10.2. The Balaban J connectivity index is 1.80. The fraction of sp³-hybridized carbons (Fsp3) is 0.167. The zero-order chi connectivity index (χ0) is 18.2. The number of hydrogen-bond donors (Lipinski definition) is 2. The number of halogens is 2. The van der Waals surface area contributed by atoms with Crippen molar-refractivity contribution in [2.45, 2.75) is 19.9 Å². The van der Waals surface area contributed by atoms with Crippen LogP contribution in [0.15, 0.2) is 53.6 Å². The summed E-state index contributed by atoms with van der Waals surface area (Å²) in [5.74, 6) is -0.573. The van der Waals surface area contributed by atoms with Crippen LogP contribution in [0.25, 0.3) is 0 Å². The molecule has 2 aromatic carbocycles. The first-order chi connectivity index (χ1) is 11.9. The largest absolute Gasteiger partial charge is 0.352 e. The Hall–Kier alpha value is -2.37. The van der Waals surface area contributed by atoms with E-state index in [2.05, 4.69) is 15.8 Å². The van der Waals surface area contributed by atoms with Crippen molar-refractivity contribution in [3.63, 3.8) is 0 Å². The minimum absolute atomic E-state index is 0.0867. The highest BCUT2D eigenvalue weighted by atomic mass is 35.5. The second-order valence-electron chi connectivity index (χ2n) is 5.38. The van der Waals surface area contributed by atoms with Gasteiger partial charge in [0.05, 0.1) is 6.42 Å². The quantitative estimate of drug-likeness (QED) is 0.593. The highest BCUT2D eigenvalue weighted by Crippen LogP contribution is 2.10. The summed E-state index contributed by atoms with van der Waals surface area (Å²) in [6.45, 7) is 2.07. The molecular weight excluding hydrogens is 361 g/mol. The van der Waals surface area contributed by atoms with E-state index in [1.165, 1.54) is 0 Å². The van der Waals surface area contributed by atoms with Crippen molar-refractivity contribution in [3.8, 4) is 0 Å². The molecule has 2 N–H and O–H groups in total. The van der Waals surface area contributed by atoms with E-state index in [0.29, 0.717) is 27.9 Å². The van der Waals surface area contributed by atoms with Crippen molar-refractivity contribution in [1.29, 1.82) is 0 Å². The average molecular weight is 378 g/mol. The Morgan fingerprint density at radius 2 is 1.76 bits per heavy atom. The maximum Gasteiger partial charge on any atom is 0.271 e. The number of nitrogens with one attached hydrogen (secondary N) is 2. The van der Waals surface area contributed by atoms with E-state index in [4.69, 9.17) is 23.2 Å². The summed E-state index contributed by atoms with van der Waals surface area (Å²) >= 11 is 11.6. The SMILES string of the molecule is C/C(CC(=O)NCc1ccc(Cl)cc1)=N\NC(=O)c1cccc(Cl)c1. The van der Waals surface area contributed by atoms with Crippen molar-refractivity contribution in [2.24, 2.45) is 5.10 Å². The van der Waals surface area contributed by atoms with Gasteiger partial charge in [0.25, 0.3) is 5.91 Å². The molecule has 5 nitrogen and oxygen atoms in total. The van der Waals surface area contributed by atoms with E-state index in [-0.39, 0.29) is 18.2 Å². The van der Waals surface area contributed by atoms with E-state index >= 15 is 0 Å². The third-order valence-electron chi connectivity index (χ3n) is 3.25. The van der Waals surface area contributed by atoms with Crippen LogP contribution in [0, 0.1) is 0 Å². The Labute approximate surface area is 156 Å². The normalized spacial score (nSPS) is 11.1. The maximum atomic E-state index is 11.9. The molecule has 130 valence electrons. The molecule has 0 heterocycles. The zero-order valence-corrected chi connectivity index (χ0v) is 15.1. The van der Waals surface area contributed by atoms with Crippen molar-refractivity contribution in [3.05, 3.63) is 69.7 Å². The maximum absolute atomic E-state index is 11.9. The molecule has 25 heavy (non-hydrogen) atoms. The van der Waals surface area contributed by atoms with Gasteiger partial charge in [-0.2, -0.15) is 5.10 Å². The van der Waals surface area contributed by atoms with Crippen molar-refractivity contribution in [2.75, 3.05) is 0 Å². The number of carbonyl (C=O) groups is 2. The fourth-order valence-corrected chi connectivity index (χ4v) is 2.29. The number of amides is 2. The predicted molar refractivity (Wildman–Crippen MR) is 99.9 cm³/mol. The molecule has 2 rings (SSSR count). The molecule has 7 heteroatoms. The van der Waals surface area contributed by atoms with E-state index in [1.807, 2.05) is 12.1 Å². The highest BCUT2D eigenvalue weighted by Gasteiger charge is 2.07. The standard InChI is InChI=1S/C18H17Cl2N3O2/c1-12(22-23-18(25)14-3-2-4-16(20)10-14)9-17(24)21-11-13-5-7-15(19)8-6-13/h2-8,10H,9,11H2,1H3,(H,21,24)(H,23,25)/b22-12+. The molecule has 2 amide bonds. The summed E-state index contributed by atoms with van der Waals surface area (Å²) < 4.78 is 0. The molecule has 0 unspecified atom stereocenters. The molecule has 0 radical (unpaired) electrons. The van der Waals surface area contributed by atoms with E-state index in [9.17, 15) is 9.59 Å². The molecule has 2 aromatic rings. The number of hydrogen-bond acceptors (Lipinski definition) is 3. The van der Waals surface area contributed by atoms with E-state index in [1.54, 1.807) is 43.3 Å². The van der Waals surface area contributed by atoms with Gasteiger partial charge in [0.2, 0.25) is 5.91 Å². The van der Waals surface area contributed by atoms with Crippen molar-refractivity contribution in [1.82, 2.24) is 10.7 Å². The zero-order valence-electron chi connectivity index (χ0n) is 13.6. The number of benzene rings is 2. The van der Waals surface area contributed by atoms with Gasteiger partial charge >= 0.3 is 0 Å². The van der Waals surface area contributed by atoms with Gasteiger partial charge in [-0.15, -0.1) is 0 Å². The first-order valence-electron chi connectivity index (χ1n) is 7.54. The number of carbonyl (C=O) groups excluding carboxylic acids is 2. The smallest absolute Gasteiger partial charge is 0.271 e. The van der Waals surface area contributed by atoms with Gasteiger partial charge in [0, 0.05) is 27.9 Å². The molecule has 0 atom stereocenters. The van der Waals surface area contributed by atoms with Gasteiger partial charge in [-0.05, 0) is 42.8 Å². The van der Waals surface area contributed by atoms with Crippen LogP contribution >= 0.6 is 23.2 Å². The summed E-state index contributed by atoms with van der Waals surface area (Å²) in [6, 6.07) is 13.7. The first kappa shape index (κ1) is 19.0. The second-order valence-corrected chi connectivity index (χ2v) is 6.25. The van der Waals surface area contributed by atoms with Crippen LogP contribution in [-0.2, 0) is 11.3 Å². The molecular formula is C18H17Cl2N3O2. The van der Waals surface area contributed by atoms with Crippen molar-refractivity contribution < 1.29 is 9.59 Å². The molecule has 0 saturated carbocycles. The van der Waals surface area contributed by atoms with Gasteiger partial charge in [-0.3, -0.25) is 9.59 Å². The Kier molecular flexibility index (Phi) is 6.98. The molecule has 0 bridgehead atoms. The van der Waals surface area contributed by atoms with Crippen LogP contribution < -0.4 is 10.7 Å². The molecule has 0 fully saturated rings. The number of rotatable bonds is 6. The molecule has 0 aliphatic rings. The second kappa shape index (κ2) is 9.20. The van der Waals surface area contributed by atoms with Gasteiger partial charge in [-0.25, -0.2) is 5.43 Å². The van der Waals surface area contributed by atoms with Gasteiger partial charge in [-0.1, -0.05) is 41.4 Å². The summed E-state index contributed by atoms with van der Waals surface area (Å²) in [5, 5.41) is 7.83. The molecule has 0 aliphatic carbocycles. The lowest BCUT2D eigenvalue weighted by Crippen LogP contribution is -2.26. The molecule has 0 spiro atoms. The average Bonchev–Trinajstić information content (AvgIpc) is 2.59. The number of hydrazone groups is 1. The van der Waals surface area contributed by atoms with Crippen molar-refractivity contribution >= 4 is 40.7 Å². The van der Waals surface area contributed by atoms with Crippen LogP contribution in [0.3, 0.4) is 0 Å². The first-order valence-corrected chi connectivity index (χ1v) is 8.30. The van der Waals surface area contributed by atoms with Gasteiger partial charge < -0.3 is 5.32 Å². The Morgan fingerprint density at radius 3 is 2.44 bits per heavy atom. The molecule has 0 aliphatic heterocycles. The predicted octanol–water partition coefficient (Wildman–Crippen LogP) is 3.81. The van der Waals surface area contributed by atoms with E-state index < -0.39 is 0 Å². The third-order valence-corrected chi connectivity index (χ3v) is 3.74. The highest BCUT2D eigenvalue weighted by molar-refractivity contribution is 6.31. The molecule has 0 aromatic heterocycles. The lowest BCUT2D eigenvalue weighted by molar-refractivity contribution is -0.120. The minimum atomic E-state index is -0.386. The lowest BCUT2D eigenvalue weighted by Gasteiger charge is -2.06. The fourth-order valence-electron chi connectivity index (χ4n) is 1.98. The monoisotopic (exact) mass is 377 g/mol. The third kappa shape index (κ3) is 6.57. The van der Waals surface area contributed by atoms with Gasteiger partial charge in [0.15, 0.2) is 0 Å². The van der Waals surface area contributed by atoms with E-state index in [0.717, 1.165) is 5.56 Å². The summed E-state index contributed by atoms with van der Waals surface area (Å²) in [6.07, 6.45) is 0.0867. The summed E-state index contributed by atoms with van der Waals surface area (Å²) in [5.41, 5.74) is 4.24. The Bertz CT molecular complexity index is 789. The minimum Gasteiger partial charge on any atom is -0.352 e. The molecule has 0 saturated heterocycles. The Morgan fingerprint density at radius 1 is 1.04 bits per heavy atom. The van der Waals surface area contributed by atoms with Crippen LogP contribution in [0.4, 0.5) is 0 Å². The summed E-state index contributed by atoms with van der Waals surface area (Å²) in [7, 11) is 0. The van der Waals surface area contributed by atoms with Crippen LogP contribution in [-0.4, -0.2) is 17.5 Å².